The van der Waals surface area contributed by atoms with Crippen LogP contribution in [0.1, 0.15) is 52.4 Å². The largest absolute Gasteiger partial charge is 0.465 e. The molecule has 0 heterocycles. The molecular formula is C21H24F3NO3. The van der Waals surface area contributed by atoms with E-state index in [1.54, 1.807) is 12.1 Å². The minimum Gasteiger partial charge on any atom is -0.465 e. The Labute approximate surface area is 162 Å². The smallest absolute Gasteiger partial charge is 0.416 e. The summed E-state index contributed by atoms with van der Waals surface area (Å²) < 4.78 is 42.9. The molecule has 0 amide bonds. The van der Waals surface area contributed by atoms with E-state index in [-0.39, 0.29) is 24.0 Å². The minimum atomic E-state index is -4.43. The lowest BCUT2D eigenvalue weighted by molar-refractivity contribution is -0.137. The van der Waals surface area contributed by atoms with E-state index in [1.165, 1.54) is 19.2 Å². The van der Waals surface area contributed by atoms with Crippen molar-refractivity contribution < 1.29 is 27.8 Å². The van der Waals surface area contributed by atoms with Gasteiger partial charge in [-0.3, -0.25) is 0 Å². The number of alkyl halides is 3. The van der Waals surface area contributed by atoms with Gasteiger partial charge in [-0.25, -0.2) is 4.79 Å². The average Bonchev–Trinajstić information content (AvgIpc) is 2.69. The third-order valence-electron chi connectivity index (χ3n) is 4.59. The molecule has 2 aromatic rings. The number of ether oxygens (including phenoxy) is 1. The highest BCUT2D eigenvalue weighted by Gasteiger charge is 2.30. The average molecular weight is 395 g/mol. The molecule has 0 fully saturated rings. The lowest BCUT2D eigenvalue weighted by atomic mass is 9.96. The van der Waals surface area contributed by atoms with E-state index >= 15 is 0 Å². The van der Waals surface area contributed by atoms with Gasteiger partial charge in [0.05, 0.1) is 24.3 Å². The summed E-state index contributed by atoms with van der Waals surface area (Å²) >= 11 is 0. The van der Waals surface area contributed by atoms with Gasteiger partial charge < -0.3 is 15.2 Å². The zero-order chi connectivity index (χ0) is 20.7. The molecule has 0 spiro atoms. The van der Waals surface area contributed by atoms with E-state index in [0.717, 1.165) is 24.1 Å². The van der Waals surface area contributed by atoms with Crippen LogP contribution in [-0.4, -0.2) is 31.3 Å². The van der Waals surface area contributed by atoms with Crippen LogP contribution in [0.4, 0.5) is 13.2 Å². The Morgan fingerprint density at radius 2 is 1.82 bits per heavy atom. The van der Waals surface area contributed by atoms with Gasteiger partial charge in [0.1, 0.15) is 0 Å². The number of esters is 1. The molecule has 7 heteroatoms. The Kier molecular flexibility index (Phi) is 7.60. The van der Waals surface area contributed by atoms with Gasteiger partial charge >= 0.3 is 12.1 Å². The van der Waals surface area contributed by atoms with Crippen LogP contribution in [0.2, 0.25) is 0 Å². The highest BCUT2D eigenvalue weighted by atomic mass is 19.4. The van der Waals surface area contributed by atoms with Gasteiger partial charge in [0.2, 0.25) is 0 Å². The second-order valence-corrected chi connectivity index (χ2v) is 6.65. The molecule has 0 saturated carbocycles. The summed E-state index contributed by atoms with van der Waals surface area (Å²) in [5, 5.41) is 13.2. The molecule has 0 aromatic heterocycles. The van der Waals surface area contributed by atoms with E-state index in [9.17, 15) is 23.1 Å². The molecule has 0 saturated heterocycles. The van der Waals surface area contributed by atoms with Gasteiger partial charge in [0.25, 0.3) is 0 Å². The SMILES string of the molecule is COC(=O)c1ccc(C(C)CCNCC(O)c2cccc(C(F)(F)F)c2)cc1. The predicted molar refractivity (Wildman–Crippen MR) is 100 cm³/mol. The first-order valence-corrected chi connectivity index (χ1v) is 8.96. The lowest BCUT2D eigenvalue weighted by Crippen LogP contribution is -2.23. The molecule has 0 aliphatic heterocycles. The van der Waals surface area contributed by atoms with Crippen LogP contribution < -0.4 is 5.32 Å². The minimum absolute atomic E-state index is 0.162. The van der Waals surface area contributed by atoms with Crippen molar-refractivity contribution in [2.45, 2.75) is 31.5 Å². The number of hydrogen-bond donors (Lipinski definition) is 2. The summed E-state index contributed by atoms with van der Waals surface area (Å²) in [6.45, 7) is 2.79. The maximum absolute atomic E-state index is 12.8. The fourth-order valence-corrected chi connectivity index (χ4v) is 2.83. The van der Waals surface area contributed by atoms with Gasteiger partial charge in [-0.05, 0) is 54.3 Å². The summed E-state index contributed by atoms with van der Waals surface area (Å²) in [6.07, 6.45) is -4.67. The number of aliphatic hydroxyl groups excluding tert-OH is 1. The van der Waals surface area contributed by atoms with Crippen molar-refractivity contribution in [3.05, 3.63) is 70.8 Å². The van der Waals surface area contributed by atoms with Crippen LogP contribution in [0, 0.1) is 0 Å². The second-order valence-electron chi connectivity index (χ2n) is 6.65. The highest BCUT2D eigenvalue weighted by Crippen LogP contribution is 2.30. The van der Waals surface area contributed by atoms with Gasteiger partial charge in [0.15, 0.2) is 0 Å². The molecule has 2 N–H and O–H groups in total. The molecule has 0 aliphatic carbocycles. The third kappa shape index (κ3) is 6.07. The Balaban J connectivity index is 1.81. The molecule has 0 bridgehead atoms. The highest BCUT2D eigenvalue weighted by molar-refractivity contribution is 5.89. The Bertz CT molecular complexity index is 775. The summed E-state index contributed by atoms with van der Waals surface area (Å²) in [5.41, 5.74) is 1.01. The van der Waals surface area contributed by atoms with Crippen molar-refractivity contribution in [3.63, 3.8) is 0 Å². The van der Waals surface area contributed by atoms with Crippen LogP contribution in [0.3, 0.4) is 0 Å². The molecule has 2 atom stereocenters. The van der Waals surface area contributed by atoms with Crippen molar-refractivity contribution in [1.29, 1.82) is 0 Å². The quantitative estimate of drug-likeness (QED) is 0.517. The van der Waals surface area contributed by atoms with Gasteiger partial charge in [-0.2, -0.15) is 13.2 Å². The fourth-order valence-electron chi connectivity index (χ4n) is 2.83. The van der Waals surface area contributed by atoms with Crippen LogP contribution in [-0.2, 0) is 10.9 Å². The number of benzene rings is 2. The Morgan fingerprint density at radius 3 is 2.43 bits per heavy atom. The molecule has 0 aliphatic rings. The summed E-state index contributed by atoms with van der Waals surface area (Å²) in [7, 11) is 1.33. The Morgan fingerprint density at radius 1 is 1.14 bits per heavy atom. The first-order chi connectivity index (χ1) is 13.2. The van der Waals surface area contributed by atoms with Gasteiger partial charge in [-0.15, -0.1) is 0 Å². The van der Waals surface area contributed by atoms with Crippen LogP contribution in [0.25, 0.3) is 0 Å². The van der Waals surface area contributed by atoms with Crippen molar-refractivity contribution in [2.24, 2.45) is 0 Å². The number of aliphatic hydroxyl groups is 1. The van der Waals surface area contributed by atoms with E-state index in [4.69, 9.17) is 0 Å². The molecular weight excluding hydrogens is 371 g/mol. The standard InChI is InChI=1S/C21H24F3NO3/c1-14(15-6-8-16(9-7-15)20(27)28-2)10-11-25-13-19(26)17-4-3-5-18(12-17)21(22,23)24/h3-9,12,14,19,25-26H,10-11,13H2,1-2H3. The lowest BCUT2D eigenvalue weighted by Gasteiger charge is -2.16. The number of halogens is 3. The maximum atomic E-state index is 12.8. The maximum Gasteiger partial charge on any atom is 0.416 e. The number of carbonyl (C=O) groups excluding carboxylic acids is 1. The normalized spacial score (nSPS) is 13.8. The number of hydrogen-bond acceptors (Lipinski definition) is 4. The fraction of sp³-hybridized carbons (Fsp3) is 0.381. The van der Waals surface area contributed by atoms with E-state index < -0.39 is 17.8 Å². The van der Waals surface area contributed by atoms with Gasteiger partial charge in [-0.1, -0.05) is 31.2 Å². The summed E-state index contributed by atoms with van der Waals surface area (Å²) in [6, 6.07) is 11.9. The number of rotatable bonds is 8. The van der Waals surface area contributed by atoms with Crippen LogP contribution in [0.15, 0.2) is 48.5 Å². The monoisotopic (exact) mass is 395 g/mol. The van der Waals surface area contributed by atoms with Crippen molar-refractivity contribution in [1.82, 2.24) is 5.32 Å². The number of nitrogens with one attached hydrogen (secondary N) is 1. The molecule has 28 heavy (non-hydrogen) atoms. The van der Waals surface area contributed by atoms with Crippen LogP contribution >= 0.6 is 0 Å². The van der Waals surface area contributed by atoms with Gasteiger partial charge in [0, 0.05) is 6.54 Å². The predicted octanol–water partition coefficient (Wildman–Crippen LogP) is 4.31. The van der Waals surface area contributed by atoms with Crippen molar-refractivity contribution in [3.8, 4) is 0 Å². The molecule has 2 rings (SSSR count). The molecule has 2 aromatic carbocycles. The van der Waals surface area contributed by atoms with Crippen molar-refractivity contribution >= 4 is 5.97 Å². The van der Waals surface area contributed by atoms with Crippen molar-refractivity contribution in [2.75, 3.05) is 20.2 Å². The molecule has 2 unspecified atom stereocenters. The van der Waals surface area contributed by atoms with Crippen LogP contribution in [0.5, 0.6) is 0 Å². The Hall–Kier alpha value is -2.38. The topological polar surface area (TPSA) is 58.6 Å². The summed E-state index contributed by atoms with van der Waals surface area (Å²) in [4.78, 5) is 11.4. The molecule has 0 radical (unpaired) electrons. The molecule has 152 valence electrons. The zero-order valence-electron chi connectivity index (χ0n) is 15.8. The third-order valence-corrected chi connectivity index (χ3v) is 4.59. The van der Waals surface area contributed by atoms with E-state index in [0.29, 0.717) is 12.1 Å². The number of carbonyl (C=O) groups is 1. The summed E-state index contributed by atoms with van der Waals surface area (Å²) in [5.74, 6) is -0.172. The molecule has 4 nitrogen and oxygen atoms in total. The second kappa shape index (κ2) is 9.71. The van der Waals surface area contributed by atoms with E-state index in [2.05, 4.69) is 10.1 Å². The zero-order valence-corrected chi connectivity index (χ0v) is 15.8. The first-order valence-electron chi connectivity index (χ1n) is 8.96. The van der Waals surface area contributed by atoms with E-state index in [1.807, 2.05) is 19.1 Å². The first kappa shape index (κ1) is 21.9. The number of methoxy groups -OCH3 is 1.